The molecule has 0 saturated carbocycles. The summed E-state index contributed by atoms with van der Waals surface area (Å²) in [5, 5.41) is 11.8. The van der Waals surface area contributed by atoms with E-state index in [1.807, 2.05) is 40.1 Å². The Morgan fingerprint density at radius 2 is 2.06 bits per heavy atom. The number of amides is 1. The van der Waals surface area contributed by atoms with Gasteiger partial charge < -0.3 is 9.42 Å². The second-order valence-electron chi connectivity index (χ2n) is 8.55. The first kappa shape index (κ1) is 21.3. The lowest BCUT2D eigenvalue weighted by atomic mass is 10.2. The zero-order chi connectivity index (χ0) is 22.2. The van der Waals surface area contributed by atoms with E-state index in [4.69, 9.17) is 4.52 Å². The molecule has 1 saturated heterocycles. The van der Waals surface area contributed by atoms with Crippen LogP contribution in [0.25, 0.3) is 20.9 Å². The van der Waals surface area contributed by atoms with E-state index in [1.165, 1.54) is 0 Å². The molecule has 0 N–H and O–H groups in total. The highest BCUT2D eigenvalue weighted by molar-refractivity contribution is 7.20. The van der Waals surface area contributed by atoms with Crippen LogP contribution in [-0.4, -0.2) is 61.8 Å². The monoisotopic (exact) mass is 470 g/mol. The Morgan fingerprint density at radius 3 is 2.78 bits per heavy atom. The highest BCUT2D eigenvalue weighted by Crippen LogP contribution is 2.30. The molecule has 4 aromatic rings. The van der Waals surface area contributed by atoms with Gasteiger partial charge in [-0.15, -0.1) is 22.7 Å². The van der Waals surface area contributed by atoms with Crippen LogP contribution in [0.2, 0.25) is 0 Å². The summed E-state index contributed by atoms with van der Waals surface area (Å²) in [6.07, 6.45) is 0. The number of hydrogen-bond acceptors (Lipinski definition) is 8. The van der Waals surface area contributed by atoms with Crippen LogP contribution in [0, 0.1) is 12.8 Å². The minimum Gasteiger partial charge on any atom is -0.338 e. The average Bonchev–Trinajstić information content (AvgIpc) is 3.55. The third kappa shape index (κ3) is 4.22. The summed E-state index contributed by atoms with van der Waals surface area (Å²) in [4.78, 5) is 24.8. The lowest BCUT2D eigenvalue weighted by Crippen LogP contribution is -2.48. The van der Waals surface area contributed by atoms with E-state index < -0.39 is 0 Å². The molecule has 1 aliphatic rings. The Morgan fingerprint density at radius 1 is 1.25 bits per heavy atom. The molecule has 10 heteroatoms. The molecule has 0 radical (unpaired) electrons. The van der Waals surface area contributed by atoms with Crippen molar-refractivity contribution < 1.29 is 9.32 Å². The predicted octanol–water partition coefficient (Wildman–Crippen LogP) is 4.13. The molecular weight excluding hydrogens is 444 g/mol. The van der Waals surface area contributed by atoms with E-state index in [0.717, 1.165) is 45.3 Å². The number of rotatable bonds is 6. The van der Waals surface area contributed by atoms with Gasteiger partial charge in [0.25, 0.3) is 5.91 Å². The normalized spacial score (nSPS) is 15.3. The SMILES string of the molecule is Cc1nn(CC(C)C)c2sc(C(=O)N3CCN(Cc4nc(-c5cccs5)no4)CC3)cc12. The molecule has 0 bridgehead atoms. The van der Waals surface area contributed by atoms with Gasteiger partial charge in [-0.1, -0.05) is 25.1 Å². The van der Waals surface area contributed by atoms with Crippen molar-refractivity contribution in [3.05, 3.63) is 40.0 Å². The Balaban J connectivity index is 1.21. The second kappa shape index (κ2) is 8.76. The van der Waals surface area contributed by atoms with Crippen LogP contribution >= 0.6 is 22.7 Å². The molecule has 5 heterocycles. The van der Waals surface area contributed by atoms with Crippen LogP contribution in [0.1, 0.15) is 35.1 Å². The standard InChI is InChI=1S/C22H26N6O2S2/c1-14(2)12-28-22-16(15(3)24-28)11-18(32-22)21(29)27-8-6-26(7-9-27)13-19-23-20(25-30-19)17-5-4-10-31-17/h4-5,10-11,14H,6-9,12-13H2,1-3H3. The fraction of sp³-hybridized carbons (Fsp3) is 0.455. The lowest BCUT2D eigenvalue weighted by molar-refractivity contribution is 0.0620. The van der Waals surface area contributed by atoms with E-state index in [0.29, 0.717) is 37.3 Å². The Kier molecular flexibility index (Phi) is 5.83. The summed E-state index contributed by atoms with van der Waals surface area (Å²) in [5.41, 5.74) is 0.988. The van der Waals surface area contributed by atoms with Gasteiger partial charge in [0.05, 0.1) is 22.0 Å². The first-order valence-electron chi connectivity index (χ1n) is 10.8. The van der Waals surface area contributed by atoms with Gasteiger partial charge in [0.1, 0.15) is 4.83 Å². The number of thiophene rings is 2. The Hall–Kier alpha value is -2.56. The van der Waals surface area contributed by atoms with E-state index in [2.05, 4.69) is 34.0 Å². The summed E-state index contributed by atoms with van der Waals surface area (Å²) in [6.45, 7) is 10.8. The molecule has 1 fully saturated rings. The van der Waals surface area contributed by atoms with Crippen LogP contribution in [0.5, 0.6) is 0 Å². The number of carbonyl (C=O) groups excluding carboxylic acids is 1. The topological polar surface area (TPSA) is 80.3 Å². The maximum absolute atomic E-state index is 13.2. The predicted molar refractivity (Wildman–Crippen MR) is 126 cm³/mol. The van der Waals surface area contributed by atoms with Crippen LogP contribution in [0.3, 0.4) is 0 Å². The van der Waals surface area contributed by atoms with Crippen molar-refractivity contribution in [2.24, 2.45) is 5.92 Å². The summed E-state index contributed by atoms with van der Waals surface area (Å²) in [5.74, 6) is 1.87. The minimum atomic E-state index is 0.110. The molecule has 5 rings (SSSR count). The molecule has 0 aromatic carbocycles. The third-order valence-corrected chi connectivity index (χ3v) is 7.59. The molecule has 8 nitrogen and oxygen atoms in total. The van der Waals surface area contributed by atoms with Crippen molar-refractivity contribution in [3.63, 3.8) is 0 Å². The van der Waals surface area contributed by atoms with Crippen LogP contribution < -0.4 is 0 Å². The lowest BCUT2D eigenvalue weighted by Gasteiger charge is -2.33. The minimum absolute atomic E-state index is 0.110. The maximum atomic E-state index is 13.2. The highest BCUT2D eigenvalue weighted by Gasteiger charge is 2.26. The Bertz CT molecular complexity index is 1210. The van der Waals surface area contributed by atoms with Crippen molar-refractivity contribution >= 4 is 38.8 Å². The smallest absolute Gasteiger partial charge is 0.264 e. The van der Waals surface area contributed by atoms with Gasteiger partial charge in [-0.25, -0.2) is 0 Å². The molecule has 0 unspecified atom stereocenters. The van der Waals surface area contributed by atoms with E-state index in [1.54, 1.807) is 22.7 Å². The van der Waals surface area contributed by atoms with Gasteiger partial charge in [0.2, 0.25) is 11.7 Å². The van der Waals surface area contributed by atoms with E-state index in [9.17, 15) is 4.79 Å². The van der Waals surface area contributed by atoms with Gasteiger partial charge >= 0.3 is 0 Å². The van der Waals surface area contributed by atoms with Crippen molar-refractivity contribution in [2.45, 2.75) is 33.9 Å². The summed E-state index contributed by atoms with van der Waals surface area (Å²) in [7, 11) is 0. The number of hydrogen-bond donors (Lipinski definition) is 0. The first-order chi connectivity index (χ1) is 15.5. The van der Waals surface area contributed by atoms with Crippen LogP contribution in [0.4, 0.5) is 0 Å². The van der Waals surface area contributed by atoms with Crippen molar-refractivity contribution in [3.8, 4) is 10.7 Å². The molecule has 4 aromatic heterocycles. The average molecular weight is 471 g/mol. The van der Waals surface area contributed by atoms with E-state index in [-0.39, 0.29) is 5.91 Å². The van der Waals surface area contributed by atoms with Crippen LogP contribution in [0.15, 0.2) is 28.1 Å². The molecule has 0 atom stereocenters. The number of aromatic nitrogens is 4. The molecule has 1 amide bonds. The number of aryl methyl sites for hydroxylation is 1. The number of piperazine rings is 1. The summed E-state index contributed by atoms with van der Waals surface area (Å²) < 4.78 is 7.47. The zero-order valence-corrected chi connectivity index (χ0v) is 20.1. The number of carbonyl (C=O) groups is 1. The molecular formula is C22H26N6O2S2. The molecule has 0 spiro atoms. The van der Waals surface area contributed by atoms with Gasteiger partial charge in [0.15, 0.2) is 0 Å². The molecule has 1 aliphatic heterocycles. The highest BCUT2D eigenvalue weighted by atomic mass is 32.1. The fourth-order valence-electron chi connectivity index (χ4n) is 3.97. The summed E-state index contributed by atoms with van der Waals surface area (Å²) in [6, 6.07) is 5.97. The van der Waals surface area contributed by atoms with E-state index >= 15 is 0 Å². The Labute approximate surface area is 194 Å². The molecule has 168 valence electrons. The van der Waals surface area contributed by atoms with Gasteiger partial charge in [-0.2, -0.15) is 10.1 Å². The number of nitrogens with zero attached hydrogens (tertiary/aromatic N) is 6. The molecule has 0 aliphatic carbocycles. The maximum Gasteiger partial charge on any atom is 0.264 e. The van der Waals surface area contributed by atoms with Gasteiger partial charge in [-0.05, 0) is 30.4 Å². The quantitative estimate of drug-likeness (QED) is 0.422. The fourth-order valence-corrected chi connectivity index (χ4v) is 5.76. The molecule has 32 heavy (non-hydrogen) atoms. The van der Waals surface area contributed by atoms with Crippen LogP contribution in [-0.2, 0) is 13.1 Å². The van der Waals surface area contributed by atoms with Gasteiger partial charge in [0, 0.05) is 38.1 Å². The largest absolute Gasteiger partial charge is 0.338 e. The second-order valence-corrected chi connectivity index (χ2v) is 10.5. The zero-order valence-electron chi connectivity index (χ0n) is 18.4. The first-order valence-corrected chi connectivity index (χ1v) is 12.5. The third-order valence-electron chi connectivity index (χ3n) is 5.58. The van der Waals surface area contributed by atoms with Crippen molar-refractivity contribution in [1.82, 2.24) is 29.7 Å². The summed E-state index contributed by atoms with van der Waals surface area (Å²) >= 11 is 3.15. The van der Waals surface area contributed by atoms with Crippen molar-refractivity contribution in [2.75, 3.05) is 26.2 Å². The van der Waals surface area contributed by atoms with Crippen molar-refractivity contribution in [1.29, 1.82) is 0 Å². The van der Waals surface area contributed by atoms with Gasteiger partial charge in [-0.3, -0.25) is 14.4 Å². The number of fused-ring (bicyclic) bond motifs is 1.